The quantitative estimate of drug-likeness (QED) is 0.477. The molecule has 7 nitrogen and oxygen atoms in total. The third kappa shape index (κ3) is 8.12. The molecule has 0 atom stereocenters. The van der Waals surface area contributed by atoms with Crippen molar-refractivity contribution in [3.8, 4) is 0 Å². The normalized spacial score (nSPS) is 13.1. The van der Waals surface area contributed by atoms with E-state index in [4.69, 9.17) is 0 Å². The minimum absolute atomic E-state index is 0.228. The van der Waals surface area contributed by atoms with Gasteiger partial charge < -0.3 is 0 Å². The summed E-state index contributed by atoms with van der Waals surface area (Å²) in [6.07, 6.45) is 0. The van der Waals surface area contributed by atoms with E-state index in [-0.39, 0.29) is 13.1 Å². The molecule has 0 spiro atoms. The van der Waals surface area contributed by atoms with Crippen molar-refractivity contribution >= 4 is 20.2 Å². The number of hydrogen-bond donors (Lipinski definition) is 3. The second-order valence-corrected chi connectivity index (χ2v) is 5.58. The lowest BCUT2D eigenvalue weighted by Gasteiger charge is -2.04. The fourth-order valence-corrected chi connectivity index (χ4v) is 1.93. The number of hydrogen-bond acceptors (Lipinski definition) is 4. The van der Waals surface area contributed by atoms with Crippen LogP contribution >= 0.6 is 0 Å². The van der Waals surface area contributed by atoms with Gasteiger partial charge in [-0.05, 0) is 0 Å². The van der Waals surface area contributed by atoms with E-state index in [1.54, 1.807) is 6.92 Å². The lowest BCUT2D eigenvalue weighted by atomic mass is 10.8. The second-order valence-electron chi connectivity index (χ2n) is 2.26. The number of primary sulfonamides is 1. The molecule has 13 heavy (non-hydrogen) atoms. The van der Waals surface area contributed by atoms with Crippen LogP contribution in [0.4, 0.5) is 0 Å². The highest BCUT2D eigenvalue weighted by atomic mass is 32.2. The Morgan fingerprint density at radius 3 is 2.08 bits per heavy atom. The van der Waals surface area contributed by atoms with Crippen LogP contribution in [-0.4, -0.2) is 35.7 Å². The molecular weight excluding hydrogens is 218 g/mol. The molecule has 0 amide bonds. The predicted molar refractivity (Wildman–Crippen MR) is 48.6 cm³/mol. The maximum absolute atomic E-state index is 10.9. The molecule has 0 rings (SSSR count). The van der Waals surface area contributed by atoms with E-state index in [9.17, 15) is 16.8 Å². The van der Waals surface area contributed by atoms with Gasteiger partial charge in [0.15, 0.2) is 0 Å². The zero-order valence-corrected chi connectivity index (χ0v) is 8.78. The first-order valence-electron chi connectivity index (χ1n) is 3.51. The average molecular weight is 231 g/mol. The Bertz CT molecular complexity index is 332. The molecule has 0 saturated heterocycles. The van der Waals surface area contributed by atoms with E-state index in [2.05, 4.69) is 9.86 Å². The molecule has 0 bridgehead atoms. The summed E-state index contributed by atoms with van der Waals surface area (Å²) in [6, 6.07) is 0. The molecule has 0 aromatic rings. The van der Waals surface area contributed by atoms with Crippen molar-refractivity contribution in [3.63, 3.8) is 0 Å². The summed E-state index contributed by atoms with van der Waals surface area (Å²) in [5.41, 5.74) is 0. The average Bonchev–Trinajstić information content (AvgIpc) is 1.82. The standard InChI is InChI=1S/C4H13N3O4S2/c1-2-6-13(10,11)7-3-4-12(5,8)9/h6-7H,2-4H2,1H3,(H2,5,8,9). The number of nitrogens with two attached hydrogens (primary N) is 1. The van der Waals surface area contributed by atoms with Gasteiger partial charge in [0.1, 0.15) is 0 Å². The maximum atomic E-state index is 10.9. The van der Waals surface area contributed by atoms with Crippen molar-refractivity contribution in [3.05, 3.63) is 0 Å². The van der Waals surface area contributed by atoms with Gasteiger partial charge in [0.25, 0.3) is 10.2 Å². The number of nitrogens with one attached hydrogen (secondary N) is 2. The third-order valence-electron chi connectivity index (χ3n) is 1.01. The highest BCUT2D eigenvalue weighted by Gasteiger charge is 2.08. The fourth-order valence-electron chi connectivity index (χ4n) is 0.559. The van der Waals surface area contributed by atoms with Crippen LogP contribution in [0.15, 0.2) is 0 Å². The molecule has 4 N–H and O–H groups in total. The Balaban J connectivity index is 3.91. The van der Waals surface area contributed by atoms with Crippen LogP contribution in [0.25, 0.3) is 0 Å². The van der Waals surface area contributed by atoms with Crippen LogP contribution in [0.2, 0.25) is 0 Å². The minimum Gasteiger partial charge on any atom is -0.229 e. The van der Waals surface area contributed by atoms with Crippen molar-refractivity contribution in [2.24, 2.45) is 5.14 Å². The van der Waals surface area contributed by atoms with E-state index in [1.165, 1.54) is 0 Å². The number of rotatable bonds is 6. The summed E-state index contributed by atoms with van der Waals surface area (Å²) >= 11 is 0. The van der Waals surface area contributed by atoms with E-state index < -0.39 is 26.0 Å². The lowest BCUT2D eigenvalue weighted by Crippen LogP contribution is -2.39. The molecule has 0 aliphatic carbocycles. The third-order valence-corrected chi connectivity index (χ3v) is 3.04. The Morgan fingerprint density at radius 2 is 1.69 bits per heavy atom. The maximum Gasteiger partial charge on any atom is 0.276 e. The lowest BCUT2D eigenvalue weighted by molar-refractivity contribution is 0.570. The van der Waals surface area contributed by atoms with Gasteiger partial charge in [-0.1, -0.05) is 6.92 Å². The van der Waals surface area contributed by atoms with E-state index >= 15 is 0 Å². The minimum atomic E-state index is -3.62. The molecule has 0 aromatic heterocycles. The van der Waals surface area contributed by atoms with E-state index in [0.717, 1.165) is 0 Å². The van der Waals surface area contributed by atoms with Crippen molar-refractivity contribution in [2.45, 2.75) is 6.92 Å². The molecule has 0 radical (unpaired) electrons. The topological polar surface area (TPSA) is 118 Å². The van der Waals surface area contributed by atoms with E-state index in [1.807, 2.05) is 4.72 Å². The van der Waals surface area contributed by atoms with Gasteiger partial charge in [0.2, 0.25) is 10.0 Å². The summed E-state index contributed by atoms with van der Waals surface area (Å²) in [6.45, 7) is 1.62. The van der Waals surface area contributed by atoms with Crippen LogP contribution < -0.4 is 14.6 Å². The molecule has 80 valence electrons. The molecule has 0 fully saturated rings. The fraction of sp³-hybridized carbons (Fsp3) is 1.00. The zero-order chi connectivity index (χ0) is 10.5. The van der Waals surface area contributed by atoms with Crippen LogP contribution in [0.3, 0.4) is 0 Å². The summed E-state index contributed by atoms with van der Waals surface area (Å²) in [5, 5.41) is 4.66. The van der Waals surface area contributed by atoms with Gasteiger partial charge in [-0.2, -0.15) is 8.42 Å². The summed E-state index contributed by atoms with van der Waals surface area (Å²) in [4.78, 5) is 0. The summed E-state index contributed by atoms with van der Waals surface area (Å²) in [7, 11) is -7.19. The Morgan fingerprint density at radius 1 is 1.15 bits per heavy atom. The van der Waals surface area contributed by atoms with E-state index in [0.29, 0.717) is 0 Å². The first-order valence-corrected chi connectivity index (χ1v) is 6.71. The Hall–Kier alpha value is -0.220. The monoisotopic (exact) mass is 231 g/mol. The molecule has 9 heteroatoms. The van der Waals surface area contributed by atoms with Crippen molar-refractivity contribution in [1.82, 2.24) is 9.44 Å². The second kappa shape index (κ2) is 4.86. The molecule has 0 saturated carbocycles. The highest BCUT2D eigenvalue weighted by Crippen LogP contribution is 1.78. The van der Waals surface area contributed by atoms with Crippen molar-refractivity contribution in [2.75, 3.05) is 18.8 Å². The van der Waals surface area contributed by atoms with Crippen LogP contribution in [0, 0.1) is 0 Å². The van der Waals surface area contributed by atoms with Crippen LogP contribution in [-0.2, 0) is 20.2 Å². The smallest absolute Gasteiger partial charge is 0.229 e. The van der Waals surface area contributed by atoms with Crippen LogP contribution in [0.5, 0.6) is 0 Å². The molecule has 0 heterocycles. The molecular formula is C4H13N3O4S2. The van der Waals surface area contributed by atoms with Gasteiger partial charge in [-0.15, -0.1) is 0 Å². The first-order chi connectivity index (χ1) is 5.77. The predicted octanol–water partition coefficient (Wildman–Crippen LogP) is -2.28. The highest BCUT2D eigenvalue weighted by molar-refractivity contribution is 7.89. The van der Waals surface area contributed by atoms with Crippen LogP contribution in [0.1, 0.15) is 6.92 Å². The zero-order valence-electron chi connectivity index (χ0n) is 7.15. The molecule has 0 aliphatic heterocycles. The molecule has 0 aliphatic rings. The van der Waals surface area contributed by atoms with Gasteiger partial charge in [-0.25, -0.2) is 23.0 Å². The largest absolute Gasteiger partial charge is 0.276 e. The van der Waals surface area contributed by atoms with Gasteiger partial charge in [0, 0.05) is 13.1 Å². The summed E-state index contributed by atoms with van der Waals surface area (Å²) < 4.78 is 46.7. The SMILES string of the molecule is CCNS(=O)(=O)NCCS(N)(=O)=O. The number of sulfonamides is 1. The van der Waals surface area contributed by atoms with Gasteiger partial charge in [0.05, 0.1) is 5.75 Å². The van der Waals surface area contributed by atoms with Gasteiger partial charge in [-0.3, -0.25) is 0 Å². The summed E-state index contributed by atoms with van der Waals surface area (Å²) in [5.74, 6) is -0.419. The van der Waals surface area contributed by atoms with Crippen molar-refractivity contribution < 1.29 is 16.8 Å². The first kappa shape index (κ1) is 12.8. The molecule has 0 unspecified atom stereocenters. The Labute approximate surface area is 77.9 Å². The van der Waals surface area contributed by atoms with Crippen molar-refractivity contribution in [1.29, 1.82) is 0 Å². The van der Waals surface area contributed by atoms with Gasteiger partial charge >= 0.3 is 0 Å². The molecule has 0 aromatic carbocycles. The Kier molecular flexibility index (Phi) is 4.78.